The summed E-state index contributed by atoms with van der Waals surface area (Å²) in [5, 5.41) is 11.3. The van der Waals surface area contributed by atoms with Crippen LogP contribution in [0.4, 0.5) is 10.1 Å². The first-order valence-electron chi connectivity index (χ1n) is 9.62. The fraction of sp³-hybridized carbons (Fsp3) is 0.120. The molecule has 0 bridgehead atoms. The number of hydrogen-bond donors (Lipinski definition) is 1. The summed E-state index contributed by atoms with van der Waals surface area (Å²) in [4.78, 5) is 27.2. The molecule has 3 aromatic carbocycles. The number of benzene rings is 3. The summed E-state index contributed by atoms with van der Waals surface area (Å²) >= 11 is 0. The lowest BCUT2D eigenvalue weighted by molar-refractivity contribution is -0.140. The molecule has 0 spiro atoms. The molecule has 1 N–H and O–H groups in total. The quantitative estimate of drug-likeness (QED) is 0.629. The number of nitrogens with zero attached hydrogens (tertiary/aromatic N) is 1. The van der Waals surface area contributed by atoms with Gasteiger partial charge in [0.1, 0.15) is 5.82 Å². The number of carbonyl (C=O) groups is 2. The summed E-state index contributed by atoms with van der Waals surface area (Å²) in [5.74, 6) is -1.28. The summed E-state index contributed by atoms with van der Waals surface area (Å²) in [6.07, 6.45) is 2.69. The number of rotatable bonds is 6. The van der Waals surface area contributed by atoms with Crippen molar-refractivity contribution in [2.24, 2.45) is 0 Å². The molecule has 4 rings (SSSR count). The molecule has 0 fully saturated rings. The SMILES string of the molecule is O=C(/C=C/c1ccccc1)C[C@@]1(O)C(=O)N(Cc2ccc(F)cc2)c2ccccc21. The zero-order valence-electron chi connectivity index (χ0n) is 16.2. The second-order valence-electron chi connectivity index (χ2n) is 7.28. The highest BCUT2D eigenvalue weighted by atomic mass is 19.1. The van der Waals surface area contributed by atoms with Gasteiger partial charge in [-0.2, -0.15) is 0 Å². The fourth-order valence-electron chi connectivity index (χ4n) is 3.67. The van der Waals surface area contributed by atoms with Gasteiger partial charge in [0.25, 0.3) is 5.91 Å². The molecule has 0 unspecified atom stereocenters. The van der Waals surface area contributed by atoms with Gasteiger partial charge in [0.2, 0.25) is 0 Å². The molecule has 1 heterocycles. The molecule has 0 saturated carbocycles. The molecule has 4 nitrogen and oxygen atoms in total. The molecule has 5 heteroatoms. The molecule has 1 aliphatic heterocycles. The van der Waals surface area contributed by atoms with Crippen molar-refractivity contribution in [2.45, 2.75) is 18.6 Å². The summed E-state index contributed by atoms with van der Waals surface area (Å²) in [5.41, 5.74) is 0.593. The van der Waals surface area contributed by atoms with Crippen LogP contribution in [-0.4, -0.2) is 16.8 Å². The van der Waals surface area contributed by atoms with Gasteiger partial charge < -0.3 is 10.0 Å². The van der Waals surface area contributed by atoms with Gasteiger partial charge in [-0.05, 0) is 35.4 Å². The van der Waals surface area contributed by atoms with Gasteiger partial charge in [-0.1, -0.05) is 66.7 Å². The third-order valence-electron chi connectivity index (χ3n) is 5.18. The Kier molecular flexibility index (Phi) is 5.29. The average molecular weight is 401 g/mol. The third kappa shape index (κ3) is 3.80. The number of halogens is 1. The first kappa shape index (κ1) is 19.7. The minimum absolute atomic E-state index is 0.173. The molecule has 0 saturated heterocycles. The van der Waals surface area contributed by atoms with Gasteiger partial charge in [0.15, 0.2) is 11.4 Å². The number of ketones is 1. The van der Waals surface area contributed by atoms with Crippen molar-refractivity contribution in [3.05, 3.63) is 107 Å². The number of aliphatic hydroxyl groups is 1. The van der Waals surface area contributed by atoms with Gasteiger partial charge in [0, 0.05) is 5.56 Å². The molecule has 0 aromatic heterocycles. The standard InChI is InChI=1S/C25H20FNO3/c26-20-13-10-19(11-14-20)17-27-23-9-5-4-8-22(23)25(30,24(27)29)16-21(28)15-12-18-6-2-1-3-7-18/h1-15,30H,16-17H2/b15-12+/t25-/m0/s1. The van der Waals surface area contributed by atoms with Crippen molar-refractivity contribution in [1.29, 1.82) is 0 Å². The molecule has 1 amide bonds. The number of carbonyl (C=O) groups excluding carboxylic acids is 2. The lowest BCUT2D eigenvalue weighted by Crippen LogP contribution is -2.41. The summed E-state index contributed by atoms with van der Waals surface area (Å²) < 4.78 is 13.2. The Bertz CT molecular complexity index is 1110. The van der Waals surface area contributed by atoms with Crippen LogP contribution in [0.15, 0.2) is 84.9 Å². The number of hydrogen-bond acceptors (Lipinski definition) is 3. The number of amides is 1. The molecule has 30 heavy (non-hydrogen) atoms. The van der Waals surface area contributed by atoms with E-state index in [-0.39, 0.29) is 24.6 Å². The van der Waals surface area contributed by atoms with Crippen LogP contribution in [0, 0.1) is 5.82 Å². The second-order valence-corrected chi connectivity index (χ2v) is 7.28. The Morgan fingerprint density at radius 2 is 1.63 bits per heavy atom. The van der Waals surface area contributed by atoms with Crippen molar-refractivity contribution in [3.8, 4) is 0 Å². The first-order chi connectivity index (χ1) is 14.5. The van der Waals surface area contributed by atoms with E-state index in [2.05, 4.69) is 0 Å². The maximum atomic E-state index is 13.2. The van der Waals surface area contributed by atoms with Gasteiger partial charge in [0.05, 0.1) is 18.7 Å². The van der Waals surface area contributed by atoms with Gasteiger partial charge in [-0.3, -0.25) is 9.59 Å². The highest BCUT2D eigenvalue weighted by Gasteiger charge is 2.50. The van der Waals surface area contributed by atoms with Crippen LogP contribution in [0.2, 0.25) is 0 Å². The molecule has 3 aromatic rings. The average Bonchev–Trinajstić information content (AvgIpc) is 2.96. The Labute approximate surface area is 173 Å². The van der Waals surface area contributed by atoms with E-state index >= 15 is 0 Å². The molecule has 1 aliphatic rings. The maximum Gasteiger partial charge on any atom is 0.264 e. The van der Waals surface area contributed by atoms with E-state index in [9.17, 15) is 19.1 Å². The van der Waals surface area contributed by atoms with Crippen LogP contribution in [0.3, 0.4) is 0 Å². The normalized spacial score (nSPS) is 18.1. The van der Waals surface area contributed by atoms with Crippen LogP contribution < -0.4 is 4.90 Å². The van der Waals surface area contributed by atoms with E-state index in [0.717, 1.165) is 11.1 Å². The van der Waals surface area contributed by atoms with Gasteiger partial charge in [-0.25, -0.2) is 4.39 Å². The zero-order chi connectivity index (χ0) is 21.1. The van der Waals surface area contributed by atoms with Gasteiger partial charge in [-0.15, -0.1) is 0 Å². The number of para-hydroxylation sites is 1. The number of allylic oxidation sites excluding steroid dienone is 1. The molecule has 1 atom stereocenters. The Morgan fingerprint density at radius 3 is 2.37 bits per heavy atom. The van der Waals surface area contributed by atoms with E-state index in [0.29, 0.717) is 11.3 Å². The Hall–Kier alpha value is -3.57. The van der Waals surface area contributed by atoms with Crippen molar-refractivity contribution < 1.29 is 19.1 Å². The van der Waals surface area contributed by atoms with Crippen molar-refractivity contribution in [2.75, 3.05) is 4.90 Å². The van der Waals surface area contributed by atoms with E-state index in [1.807, 2.05) is 30.3 Å². The number of fused-ring (bicyclic) bond motifs is 1. The Morgan fingerprint density at radius 1 is 0.967 bits per heavy atom. The van der Waals surface area contributed by atoms with Gasteiger partial charge >= 0.3 is 0 Å². The van der Waals surface area contributed by atoms with E-state index in [1.165, 1.54) is 23.1 Å². The van der Waals surface area contributed by atoms with Crippen LogP contribution in [0.5, 0.6) is 0 Å². The predicted octanol–water partition coefficient (Wildman–Crippen LogP) is 4.23. The lowest BCUT2D eigenvalue weighted by Gasteiger charge is -2.22. The second kappa shape index (κ2) is 8.05. The smallest absolute Gasteiger partial charge is 0.264 e. The van der Waals surface area contributed by atoms with Crippen LogP contribution >= 0.6 is 0 Å². The first-order valence-corrected chi connectivity index (χ1v) is 9.62. The fourth-order valence-corrected chi connectivity index (χ4v) is 3.67. The minimum atomic E-state index is -1.94. The summed E-state index contributed by atoms with van der Waals surface area (Å²) in [6, 6.07) is 22.1. The maximum absolute atomic E-state index is 13.2. The highest BCUT2D eigenvalue weighted by Crippen LogP contribution is 2.43. The number of anilines is 1. The highest BCUT2D eigenvalue weighted by molar-refractivity contribution is 6.10. The molecule has 0 radical (unpaired) electrons. The van der Waals surface area contributed by atoms with Crippen molar-refractivity contribution >= 4 is 23.5 Å². The van der Waals surface area contributed by atoms with Crippen molar-refractivity contribution in [3.63, 3.8) is 0 Å². The van der Waals surface area contributed by atoms with Crippen LogP contribution in [-0.2, 0) is 21.7 Å². The molecule has 0 aliphatic carbocycles. The Balaban J connectivity index is 1.59. The topological polar surface area (TPSA) is 57.6 Å². The van der Waals surface area contributed by atoms with Crippen molar-refractivity contribution in [1.82, 2.24) is 0 Å². The van der Waals surface area contributed by atoms with E-state index in [4.69, 9.17) is 0 Å². The lowest BCUT2D eigenvalue weighted by atomic mass is 9.89. The van der Waals surface area contributed by atoms with Crippen LogP contribution in [0.25, 0.3) is 6.08 Å². The van der Waals surface area contributed by atoms with E-state index < -0.39 is 11.5 Å². The molecular formula is C25H20FNO3. The minimum Gasteiger partial charge on any atom is -0.375 e. The largest absolute Gasteiger partial charge is 0.375 e. The third-order valence-corrected chi connectivity index (χ3v) is 5.18. The summed E-state index contributed by atoms with van der Waals surface area (Å²) in [6.45, 7) is 0.173. The zero-order valence-corrected chi connectivity index (χ0v) is 16.2. The molecule has 150 valence electrons. The van der Waals surface area contributed by atoms with E-state index in [1.54, 1.807) is 42.5 Å². The predicted molar refractivity (Wildman–Crippen MR) is 113 cm³/mol. The van der Waals surface area contributed by atoms with Crippen LogP contribution in [0.1, 0.15) is 23.1 Å². The molecular weight excluding hydrogens is 381 g/mol. The summed E-state index contributed by atoms with van der Waals surface area (Å²) in [7, 11) is 0. The monoisotopic (exact) mass is 401 g/mol.